The Morgan fingerprint density at radius 2 is 1.20 bits per heavy atom. The zero-order chi connectivity index (χ0) is 3.41. The molecule has 0 saturated heterocycles. The van der Waals surface area contributed by atoms with Crippen LogP contribution in [0.1, 0.15) is 0 Å². The van der Waals surface area contributed by atoms with E-state index in [0.29, 0.717) is 0 Å². The Balaban J connectivity index is 0. The van der Waals surface area contributed by atoms with Gasteiger partial charge >= 0.3 is 0 Å². The van der Waals surface area contributed by atoms with Crippen LogP contribution in [-0.2, 0) is 20.4 Å². The van der Waals surface area contributed by atoms with Crippen molar-refractivity contribution in [2.24, 2.45) is 0 Å². The van der Waals surface area contributed by atoms with Gasteiger partial charge in [0.25, 0.3) is 0 Å². The fourth-order valence-corrected chi connectivity index (χ4v) is 0. The average Bonchev–Trinajstić information content (AvgIpc) is 1.37. The van der Waals surface area contributed by atoms with Crippen LogP contribution in [0.15, 0.2) is 0 Å². The molecule has 0 radical (unpaired) electrons. The van der Waals surface area contributed by atoms with Crippen LogP contribution in [0.5, 0.6) is 0 Å². The minimum absolute atomic E-state index is 0. The van der Waals surface area contributed by atoms with Gasteiger partial charge in [0.2, 0.25) is 0 Å². The average molecular weight is 236 g/mol. The molecule has 0 bridgehead atoms. The minimum atomic E-state index is 0. The summed E-state index contributed by atoms with van der Waals surface area (Å²) in [6.45, 7) is 0. The summed E-state index contributed by atoms with van der Waals surface area (Å²) in [5.41, 5.74) is 0. The maximum Gasteiger partial charge on any atom is 0 e. The monoisotopic (exact) mass is 236 g/mol. The molecule has 0 aliphatic carbocycles. The summed E-state index contributed by atoms with van der Waals surface area (Å²) in [6.07, 6.45) is 0. The van der Waals surface area contributed by atoms with Crippen LogP contribution in [-0.4, -0.2) is 0 Å². The molecule has 0 amide bonds. The molecule has 5 heteroatoms. The summed E-state index contributed by atoms with van der Waals surface area (Å²) in [4.78, 5) is 0. The molecule has 4 atom stereocenters. The Kier molecular flexibility index (Phi) is 20.0. The molecular weight excluding hydrogens is 230 g/mol. The molecule has 36 valence electrons. The van der Waals surface area contributed by atoms with E-state index in [1.807, 2.05) is 0 Å². The summed E-state index contributed by atoms with van der Waals surface area (Å²) in [5, 5.41) is 0. The zero-order valence-electron chi connectivity index (χ0n) is 2.47. The van der Waals surface area contributed by atoms with Crippen LogP contribution in [0, 0.1) is 0 Å². The third kappa shape index (κ3) is 10.7. The molecule has 0 fully saturated rings. The van der Waals surface area contributed by atoms with E-state index in [1.54, 1.807) is 0 Å². The van der Waals surface area contributed by atoms with Gasteiger partial charge in [-0.25, -0.2) is 0 Å². The molecule has 0 aliphatic heterocycles. The number of hydrogen-bond acceptors (Lipinski definition) is 0. The normalized spacial score (nSPS) is 10.8. The third-order valence-electron chi connectivity index (χ3n) is 0.0833. The third-order valence-corrected chi connectivity index (χ3v) is 6.75. The van der Waals surface area contributed by atoms with Crippen molar-refractivity contribution >= 4 is 33.8 Å². The van der Waals surface area contributed by atoms with Gasteiger partial charge in [0.1, 0.15) is 0 Å². The first kappa shape index (κ1) is 10.4. The van der Waals surface area contributed by atoms with Crippen molar-refractivity contribution in [3.05, 3.63) is 0 Å². The first-order valence-corrected chi connectivity index (χ1v) is 7.45. The molecule has 0 spiro atoms. The van der Waals surface area contributed by atoms with Crippen LogP contribution in [0.4, 0.5) is 0 Å². The first-order chi connectivity index (χ1) is 1.91. The van der Waals surface area contributed by atoms with E-state index in [0.717, 1.165) is 15.9 Å². The second-order valence-corrected chi connectivity index (χ2v) is 7.79. The first-order valence-electron chi connectivity index (χ1n) is 0.827. The molecule has 0 rings (SSSR count). The Labute approximate surface area is 54.3 Å². The summed E-state index contributed by atoms with van der Waals surface area (Å²) < 4.78 is 0. The van der Waals surface area contributed by atoms with E-state index in [9.17, 15) is 0 Å². The molecule has 0 aromatic heterocycles. The molecule has 4 unspecified atom stereocenters. The van der Waals surface area contributed by atoms with E-state index >= 15 is 0 Å². The fraction of sp³-hybridized carbons (Fsp3) is 0. The van der Waals surface area contributed by atoms with Crippen molar-refractivity contribution in [3.8, 4) is 0 Å². The van der Waals surface area contributed by atoms with Crippen LogP contribution >= 0.6 is 33.8 Å². The fourth-order valence-electron chi connectivity index (χ4n) is 0. The predicted octanol–water partition coefficient (Wildman–Crippen LogP) is 1.84. The van der Waals surface area contributed by atoms with E-state index in [4.69, 9.17) is 0 Å². The summed E-state index contributed by atoms with van der Waals surface area (Å²) in [5.74, 6) is 0. The molecule has 0 N–H and O–H groups in total. The van der Waals surface area contributed by atoms with Gasteiger partial charge in [-0.3, -0.25) is 0 Å². The zero-order valence-corrected chi connectivity index (χ0v) is 8.33. The topological polar surface area (TPSA) is 0 Å². The summed E-state index contributed by atoms with van der Waals surface area (Å²) in [6, 6.07) is 0. The molecule has 0 aliphatic rings. The summed E-state index contributed by atoms with van der Waals surface area (Å²) in [7, 11) is 7.44. The molecule has 0 saturated carbocycles. The molecule has 0 nitrogen and oxygen atoms in total. The predicted molar refractivity (Wildman–Crippen MR) is 36.1 cm³/mol. The molecular formula is H6P4Pd. The van der Waals surface area contributed by atoms with Crippen molar-refractivity contribution in [1.29, 1.82) is 0 Å². The number of hydrogen-bond donors (Lipinski definition) is 0. The van der Waals surface area contributed by atoms with Crippen molar-refractivity contribution in [2.75, 3.05) is 0 Å². The van der Waals surface area contributed by atoms with Crippen molar-refractivity contribution in [2.45, 2.75) is 0 Å². The number of rotatable bonds is 1. The van der Waals surface area contributed by atoms with Gasteiger partial charge in [-0.05, 0) is 0 Å². The van der Waals surface area contributed by atoms with E-state index in [2.05, 4.69) is 17.9 Å². The molecule has 0 aromatic carbocycles. The van der Waals surface area contributed by atoms with E-state index in [-0.39, 0.29) is 20.4 Å². The Hall–Kier alpha value is 2.38. The van der Waals surface area contributed by atoms with E-state index in [1.165, 1.54) is 0 Å². The van der Waals surface area contributed by atoms with Crippen LogP contribution in [0.3, 0.4) is 0 Å². The van der Waals surface area contributed by atoms with Crippen LogP contribution in [0.25, 0.3) is 0 Å². The van der Waals surface area contributed by atoms with Gasteiger partial charge in [-0.2, -0.15) is 0 Å². The molecule has 0 aromatic rings. The van der Waals surface area contributed by atoms with Gasteiger partial charge < -0.3 is 0 Å². The molecule has 0 heterocycles. The van der Waals surface area contributed by atoms with Gasteiger partial charge in [0.15, 0.2) is 0 Å². The van der Waals surface area contributed by atoms with E-state index < -0.39 is 0 Å². The maximum atomic E-state index is 2.67. The quantitative estimate of drug-likeness (QED) is 0.481. The smallest absolute Gasteiger partial charge is 0 e. The Morgan fingerprint density at radius 3 is 1.20 bits per heavy atom. The largest absolute Gasteiger partial charge is 0.110 e. The van der Waals surface area contributed by atoms with Crippen LogP contribution in [0.2, 0.25) is 0 Å². The standard InChI is InChI=1S/H6P4.Pd/c1-3-4-2;/h3-4H,1-2H2;. The van der Waals surface area contributed by atoms with Crippen molar-refractivity contribution in [3.63, 3.8) is 0 Å². The van der Waals surface area contributed by atoms with Gasteiger partial charge in [-0.1, -0.05) is 15.9 Å². The van der Waals surface area contributed by atoms with Crippen molar-refractivity contribution in [1.82, 2.24) is 0 Å². The van der Waals surface area contributed by atoms with Gasteiger partial charge in [-0.15, -0.1) is 17.9 Å². The van der Waals surface area contributed by atoms with Crippen LogP contribution < -0.4 is 0 Å². The second-order valence-electron chi connectivity index (χ2n) is 0.289. The Morgan fingerprint density at radius 1 is 1.00 bits per heavy atom. The molecule has 5 heavy (non-hydrogen) atoms. The second kappa shape index (κ2) is 9.63. The maximum absolute atomic E-state index is 2.67. The summed E-state index contributed by atoms with van der Waals surface area (Å²) >= 11 is 0. The Bertz CT molecular complexity index is 5.61. The SMILES string of the molecule is PPPP.[Pd]. The van der Waals surface area contributed by atoms with Crippen molar-refractivity contribution < 1.29 is 20.4 Å². The minimum Gasteiger partial charge on any atom is -0.110 e. The van der Waals surface area contributed by atoms with Gasteiger partial charge in [0, 0.05) is 20.4 Å². The van der Waals surface area contributed by atoms with Gasteiger partial charge in [0.05, 0.1) is 0 Å².